The second-order valence-electron chi connectivity index (χ2n) is 5.37. The Balaban J connectivity index is 1.87. The van der Waals surface area contributed by atoms with Gasteiger partial charge < -0.3 is 10.4 Å². The van der Waals surface area contributed by atoms with Crippen molar-refractivity contribution in [2.75, 3.05) is 25.0 Å². The standard InChI is InChI=1S/C14H19BrN2O2/c1-14(19)6-3-7-17(10-14)9-13(18)16-12-5-2-4-11(15)8-12/h2,4-5,8,19H,3,6-7,9-10H2,1H3,(H,16,18). The molecule has 1 aliphatic rings. The molecule has 1 atom stereocenters. The van der Waals surface area contributed by atoms with Gasteiger partial charge in [-0.2, -0.15) is 0 Å². The highest BCUT2D eigenvalue weighted by Gasteiger charge is 2.29. The zero-order valence-electron chi connectivity index (χ0n) is 11.0. The topological polar surface area (TPSA) is 52.6 Å². The summed E-state index contributed by atoms with van der Waals surface area (Å²) in [5, 5.41) is 12.9. The lowest BCUT2D eigenvalue weighted by molar-refractivity contribution is -0.118. The molecule has 1 heterocycles. The number of aliphatic hydroxyl groups is 1. The van der Waals surface area contributed by atoms with E-state index in [4.69, 9.17) is 0 Å². The largest absolute Gasteiger partial charge is 0.389 e. The van der Waals surface area contributed by atoms with Gasteiger partial charge in [-0.1, -0.05) is 22.0 Å². The third kappa shape index (κ3) is 4.60. The summed E-state index contributed by atoms with van der Waals surface area (Å²) >= 11 is 3.37. The quantitative estimate of drug-likeness (QED) is 0.895. The molecule has 4 nitrogen and oxygen atoms in total. The number of β-amino-alcohol motifs (C(OH)–C–C–N with tert-alkyl or cyclic N) is 1. The van der Waals surface area contributed by atoms with Crippen molar-refractivity contribution in [2.24, 2.45) is 0 Å². The summed E-state index contributed by atoms with van der Waals surface area (Å²) < 4.78 is 0.936. The van der Waals surface area contributed by atoms with E-state index in [1.807, 2.05) is 36.1 Å². The number of carbonyl (C=O) groups is 1. The van der Waals surface area contributed by atoms with Gasteiger partial charge in [0.2, 0.25) is 5.91 Å². The van der Waals surface area contributed by atoms with E-state index in [1.54, 1.807) is 0 Å². The van der Waals surface area contributed by atoms with Gasteiger partial charge in [-0.3, -0.25) is 9.69 Å². The predicted octanol–water partition coefficient (Wildman–Crippen LogP) is 2.23. The lowest BCUT2D eigenvalue weighted by atomic mass is 9.95. The summed E-state index contributed by atoms with van der Waals surface area (Å²) in [6.07, 6.45) is 1.73. The van der Waals surface area contributed by atoms with Crippen LogP contribution in [0.15, 0.2) is 28.7 Å². The third-order valence-electron chi connectivity index (χ3n) is 3.23. The van der Waals surface area contributed by atoms with Crippen molar-refractivity contribution in [3.8, 4) is 0 Å². The molecule has 19 heavy (non-hydrogen) atoms. The Morgan fingerprint density at radius 3 is 3.05 bits per heavy atom. The van der Waals surface area contributed by atoms with Crippen LogP contribution in [-0.4, -0.2) is 41.1 Å². The molecular formula is C14H19BrN2O2. The van der Waals surface area contributed by atoms with E-state index >= 15 is 0 Å². The van der Waals surface area contributed by atoms with Crippen molar-refractivity contribution < 1.29 is 9.90 Å². The molecule has 0 aliphatic carbocycles. The SMILES string of the molecule is CC1(O)CCCN(CC(=O)Nc2cccc(Br)c2)C1. The van der Waals surface area contributed by atoms with Crippen molar-refractivity contribution in [3.05, 3.63) is 28.7 Å². The first-order chi connectivity index (χ1) is 8.94. The molecular weight excluding hydrogens is 308 g/mol. The monoisotopic (exact) mass is 326 g/mol. The van der Waals surface area contributed by atoms with E-state index in [9.17, 15) is 9.90 Å². The van der Waals surface area contributed by atoms with Crippen molar-refractivity contribution in [2.45, 2.75) is 25.4 Å². The van der Waals surface area contributed by atoms with E-state index in [-0.39, 0.29) is 5.91 Å². The number of anilines is 1. The Kier molecular flexibility index (Phi) is 4.60. The molecule has 2 rings (SSSR count). The molecule has 1 amide bonds. The Morgan fingerprint density at radius 1 is 1.58 bits per heavy atom. The molecule has 104 valence electrons. The minimum atomic E-state index is -0.672. The second-order valence-corrected chi connectivity index (χ2v) is 6.29. The summed E-state index contributed by atoms with van der Waals surface area (Å²) in [4.78, 5) is 14.0. The molecule has 0 saturated carbocycles. The molecule has 0 bridgehead atoms. The summed E-state index contributed by atoms with van der Waals surface area (Å²) in [6, 6.07) is 7.52. The average molecular weight is 327 g/mol. The predicted molar refractivity (Wildman–Crippen MR) is 79.1 cm³/mol. The van der Waals surface area contributed by atoms with E-state index in [2.05, 4.69) is 21.2 Å². The molecule has 1 saturated heterocycles. The fourth-order valence-electron chi connectivity index (χ4n) is 2.43. The minimum Gasteiger partial charge on any atom is -0.389 e. The molecule has 1 unspecified atom stereocenters. The first kappa shape index (κ1) is 14.5. The second kappa shape index (κ2) is 6.03. The van der Waals surface area contributed by atoms with Crippen molar-refractivity contribution >= 4 is 27.5 Å². The molecule has 0 spiro atoms. The van der Waals surface area contributed by atoms with Crippen LogP contribution in [0.2, 0.25) is 0 Å². The van der Waals surface area contributed by atoms with Crippen LogP contribution >= 0.6 is 15.9 Å². The van der Waals surface area contributed by atoms with Crippen LogP contribution in [-0.2, 0) is 4.79 Å². The molecule has 2 N–H and O–H groups in total. The average Bonchev–Trinajstić information content (AvgIpc) is 2.27. The highest BCUT2D eigenvalue weighted by atomic mass is 79.9. The van der Waals surface area contributed by atoms with Gasteiger partial charge in [0.25, 0.3) is 0 Å². The van der Waals surface area contributed by atoms with Gasteiger partial charge in [-0.25, -0.2) is 0 Å². The van der Waals surface area contributed by atoms with Gasteiger partial charge in [-0.05, 0) is 44.5 Å². The number of amides is 1. The molecule has 1 aromatic carbocycles. The summed E-state index contributed by atoms with van der Waals surface area (Å²) in [5.41, 5.74) is 0.108. The number of rotatable bonds is 3. The number of nitrogens with zero attached hydrogens (tertiary/aromatic N) is 1. The molecule has 1 aromatic rings. The zero-order chi connectivity index (χ0) is 13.9. The van der Waals surface area contributed by atoms with Gasteiger partial charge in [-0.15, -0.1) is 0 Å². The number of carbonyl (C=O) groups excluding carboxylic acids is 1. The maximum atomic E-state index is 12.0. The summed E-state index contributed by atoms with van der Waals surface area (Å²) in [6.45, 7) is 3.56. The number of nitrogens with one attached hydrogen (secondary N) is 1. The highest BCUT2D eigenvalue weighted by Crippen LogP contribution is 2.20. The van der Waals surface area contributed by atoms with Gasteiger partial charge in [0.1, 0.15) is 0 Å². The summed E-state index contributed by atoms with van der Waals surface area (Å²) in [7, 11) is 0. The van der Waals surface area contributed by atoms with Crippen LogP contribution in [0.3, 0.4) is 0 Å². The first-order valence-electron chi connectivity index (χ1n) is 6.45. The molecule has 0 radical (unpaired) electrons. The Hall–Kier alpha value is -0.910. The third-order valence-corrected chi connectivity index (χ3v) is 3.72. The van der Waals surface area contributed by atoms with E-state index < -0.39 is 5.60 Å². The molecule has 1 fully saturated rings. The smallest absolute Gasteiger partial charge is 0.238 e. The van der Waals surface area contributed by atoms with Gasteiger partial charge in [0, 0.05) is 16.7 Å². The lowest BCUT2D eigenvalue weighted by Gasteiger charge is -2.36. The molecule has 0 aromatic heterocycles. The molecule has 1 aliphatic heterocycles. The Labute approximate surface area is 121 Å². The van der Waals surface area contributed by atoms with Gasteiger partial charge in [0.15, 0.2) is 0 Å². The van der Waals surface area contributed by atoms with E-state index in [1.165, 1.54) is 0 Å². The van der Waals surface area contributed by atoms with Crippen molar-refractivity contribution in [1.82, 2.24) is 4.90 Å². The van der Waals surface area contributed by atoms with Crippen molar-refractivity contribution in [3.63, 3.8) is 0 Å². The van der Waals surface area contributed by atoms with Crippen LogP contribution in [0.25, 0.3) is 0 Å². The fourth-order valence-corrected chi connectivity index (χ4v) is 2.83. The zero-order valence-corrected chi connectivity index (χ0v) is 12.6. The number of likely N-dealkylation sites (tertiary alicyclic amines) is 1. The lowest BCUT2D eigenvalue weighted by Crippen LogP contribution is -2.48. The maximum absolute atomic E-state index is 12.0. The molecule has 5 heteroatoms. The Bertz CT molecular complexity index is 463. The normalized spacial score (nSPS) is 24.2. The number of benzene rings is 1. The Morgan fingerprint density at radius 2 is 2.37 bits per heavy atom. The van der Waals surface area contributed by atoms with Crippen LogP contribution in [0.4, 0.5) is 5.69 Å². The van der Waals surface area contributed by atoms with E-state index in [0.29, 0.717) is 13.1 Å². The maximum Gasteiger partial charge on any atom is 0.238 e. The van der Waals surface area contributed by atoms with E-state index in [0.717, 1.165) is 29.5 Å². The first-order valence-corrected chi connectivity index (χ1v) is 7.24. The fraction of sp³-hybridized carbons (Fsp3) is 0.500. The van der Waals surface area contributed by atoms with Crippen LogP contribution < -0.4 is 5.32 Å². The number of hydrogen-bond acceptors (Lipinski definition) is 3. The summed E-state index contributed by atoms with van der Waals surface area (Å²) in [5.74, 6) is -0.0456. The van der Waals surface area contributed by atoms with Crippen molar-refractivity contribution in [1.29, 1.82) is 0 Å². The van der Waals surface area contributed by atoms with Gasteiger partial charge in [0.05, 0.1) is 12.1 Å². The number of hydrogen-bond donors (Lipinski definition) is 2. The minimum absolute atomic E-state index is 0.0456. The van der Waals surface area contributed by atoms with Gasteiger partial charge >= 0.3 is 0 Å². The van der Waals surface area contributed by atoms with Crippen LogP contribution in [0.1, 0.15) is 19.8 Å². The highest BCUT2D eigenvalue weighted by molar-refractivity contribution is 9.10. The van der Waals surface area contributed by atoms with Crippen LogP contribution in [0.5, 0.6) is 0 Å². The number of piperidine rings is 1. The number of halogens is 1. The van der Waals surface area contributed by atoms with Crippen LogP contribution in [0, 0.1) is 0 Å².